The molecule has 2 aromatic carbocycles. The van der Waals surface area contributed by atoms with Crippen molar-refractivity contribution in [1.82, 2.24) is 4.57 Å². The summed E-state index contributed by atoms with van der Waals surface area (Å²) in [4.78, 5) is 43.9. The van der Waals surface area contributed by atoms with E-state index in [1.165, 1.54) is 23.0 Å². The first kappa shape index (κ1) is 26.0. The molecule has 1 unspecified atom stereocenters. The van der Waals surface area contributed by atoms with E-state index in [0.717, 1.165) is 5.56 Å². The maximum Gasteiger partial charge on any atom is 0.338 e. The minimum Gasteiger partial charge on any atom is -0.465 e. The molecule has 8 heteroatoms. The Kier molecular flexibility index (Phi) is 7.98. The number of allylic oxidation sites excluding steroid dienone is 2. The van der Waals surface area contributed by atoms with Crippen molar-refractivity contribution in [1.29, 1.82) is 0 Å². The molecule has 1 aromatic heterocycles. The average Bonchev–Trinajstić information content (AvgIpc) is 3.21. The van der Waals surface area contributed by atoms with E-state index in [1.54, 1.807) is 37.3 Å². The van der Waals surface area contributed by atoms with Crippen molar-refractivity contribution in [2.75, 3.05) is 13.7 Å². The van der Waals surface area contributed by atoms with Crippen molar-refractivity contribution in [3.05, 3.63) is 108 Å². The van der Waals surface area contributed by atoms with Crippen LogP contribution in [0.4, 0.5) is 0 Å². The van der Waals surface area contributed by atoms with Crippen LogP contribution in [0.25, 0.3) is 12.2 Å². The van der Waals surface area contributed by atoms with E-state index >= 15 is 0 Å². The number of thiazole rings is 1. The Morgan fingerprint density at radius 1 is 1.08 bits per heavy atom. The average molecular weight is 517 g/mol. The first-order chi connectivity index (χ1) is 17.8. The van der Waals surface area contributed by atoms with Crippen LogP contribution < -0.4 is 14.9 Å². The van der Waals surface area contributed by atoms with Crippen LogP contribution in [0.5, 0.6) is 0 Å². The summed E-state index contributed by atoms with van der Waals surface area (Å²) in [5.41, 5.74) is 2.57. The van der Waals surface area contributed by atoms with Gasteiger partial charge in [-0.15, -0.1) is 0 Å². The second kappa shape index (κ2) is 11.3. The number of hydrogen-bond acceptors (Lipinski definition) is 7. The third kappa shape index (κ3) is 5.70. The fourth-order valence-electron chi connectivity index (χ4n) is 3.96. The molecule has 0 saturated carbocycles. The van der Waals surface area contributed by atoms with Gasteiger partial charge in [0.1, 0.15) is 0 Å². The molecule has 0 saturated heterocycles. The van der Waals surface area contributed by atoms with Gasteiger partial charge in [0, 0.05) is 0 Å². The van der Waals surface area contributed by atoms with E-state index < -0.39 is 18.0 Å². The molecule has 0 amide bonds. The van der Waals surface area contributed by atoms with Gasteiger partial charge in [0.25, 0.3) is 5.56 Å². The molecule has 1 aliphatic heterocycles. The lowest BCUT2D eigenvalue weighted by atomic mass is 9.95. The highest BCUT2D eigenvalue weighted by atomic mass is 32.1. The number of nitrogens with zero attached hydrogens (tertiary/aromatic N) is 2. The van der Waals surface area contributed by atoms with E-state index in [4.69, 9.17) is 9.47 Å². The highest BCUT2D eigenvalue weighted by Gasteiger charge is 2.33. The topological polar surface area (TPSA) is 87.0 Å². The monoisotopic (exact) mass is 516 g/mol. The summed E-state index contributed by atoms with van der Waals surface area (Å²) < 4.78 is 12.4. The molecule has 0 fully saturated rings. The van der Waals surface area contributed by atoms with Crippen molar-refractivity contribution >= 4 is 35.4 Å². The van der Waals surface area contributed by atoms with Crippen molar-refractivity contribution < 1.29 is 19.1 Å². The van der Waals surface area contributed by atoms with Crippen molar-refractivity contribution in [3.8, 4) is 0 Å². The van der Waals surface area contributed by atoms with Crippen LogP contribution in [0.15, 0.2) is 81.7 Å². The number of aromatic nitrogens is 1. The van der Waals surface area contributed by atoms with Gasteiger partial charge in [-0.1, -0.05) is 79.8 Å². The molecule has 1 atom stereocenters. The standard InChI is InChI=1S/C29H28N2O5S/c1-18(2)17-36-28(34)24-19(3)30-29-31(25(24)21-13-15-22(16-14-21)27(33)35-4)26(32)23(37-29)12-8-11-20-9-6-5-7-10-20/h5-16,18,25H,17H2,1-4H3. The number of fused-ring (bicyclic) bond motifs is 1. The zero-order valence-corrected chi connectivity index (χ0v) is 22.0. The Morgan fingerprint density at radius 3 is 2.43 bits per heavy atom. The third-order valence-corrected chi connectivity index (χ3v) is 6.77. The summed E-state index contributed by atoms with van der Waals surface area (Å²) in [6, 6.07) is 15.7. The largest absolute Gasteiger partial charge is 0.465 e. The third-order valence-electron chi connectivity index (χ3n) is 5.77. The number of ether oxygens (including phenoxy) is 2. The molecule has 7 nitrogen and oxygen atoms in total. The zero-order chi connectivity index (χ0) is 26.5. The Labute approximate surface area is 218 Å². The summed E-state index contributed by atoms with van der Waals surface area (Å²) in [7, 11) is 1.31. The summed E-state index contributed by atoms with van der Waals surface area (Å²) in [5, 5.41) is 0. The number of rotatable bonds is 7. The molecule has 37 heavy (non-hydrogen) atoms. The van der Waals surface area contributed by atoms with Crippen LogP contribution >= 0.6 is 11.3 Å². The smallest absolute Gasteiger partial charge is 0.338 e. The molecule has 4 rings (SSSR count). The minimum atomic E-state index is -0.747. The maximum atomic E-state index is 13.6. The molecule has 0 radical (unpaired) electrons. The first-order valence-electron chi connectivity index (χ1n) is 11.9. The molecular formula is C29H28N2O5S. The lowest BCUT2D eigenvalue weighted by Crippen LogP contribution is -2.40. The van der Waals surface area contributed by atoms with Crippen molar-refractivity contribution in [2.24, 2.45) is 10.9 Å². The van der Waals surface area contributed by atoms with E-state index in [-0.39, 0.29) is 18.1 Å². The van der Waals surface area contributed by atoms with E-state index in [1.807, 2.05) is 56.3 Å². The van der Waals surface area contributed by atoms with Gasteiger partial charge in [-0.3, -0.25) is 9.36 Å². The Hall–Kier alpha value is -4.04. The number of esters is 2. The molecule has 0 aliphatic carbocycles. The van der Waals surface area contributed by atoms with Crippen LogP contribution in [-0.4, -0.2) is 30.2 Å². The predicted octanol–water partition coefficient (Wildman–Crippen LogP) is 3.89. The first-order valence-corrected chi connectivity index (χ1v) is 12.7. The van der Waals surface area contributed by atoms with Crippen LogP contribution in [0, 0.1) is 5.92 Å². The summed E-state index contributed by atoms with van der Waals surface area (Å²) >= 11 is 1.26. The quantitative estimate of drug-likeness (QED) is 0.445. The normalized spacial score (nSPS) is 15.6. The lowest BCUT2D eigenvalue weighted by Gasteiger charge is -2.25. The number of carbonyl (C=O) groups is 2. The number of hydrogen-bond donors (Lipinski definition) is 0. The zero-order valence-electron chi connectivity index (χ0n) is 21.1. The van der Waals surface area contributed by atoms with Gasteiger partial charge < -0.3 is 9.47 Å². The van der Waals surface area contributed by atoms with Crippen molar-refractivity contribution in [3.63, 3.8) is 0 Å². The number of benzene rings is 2. The fraction of sp³-hybridized carbons (Fsp3) is 0.241. The highest BCUT2D eigenvalue weighted by molar-refractivity contribution is 7.07. The molecule has 1 aliphatic rings. The van der Waals surface area contributed by atoms with Crippen LogP contribution in [0.3, 0.4) is 0 Å². The molecule has 0 bridgehead atoms. The van der Waals surface area contributed by atoms with Gasteiger partial charge in [0.05, 0.1) is 41.1 Å². The number of carbonyl (C=O) groups excluding carboxylic acids is 2. The van der Waals surface area contributed by atoms with Gasteiger partial charge >= 0.3 is 11.9 Å². The Bertz CT molecular complexity index is 1540. The van der Waals surface area contributed by atoms with E-state index in [0.29, 0.717) is 31.7 Å². The molecule has 0 spiro atoms. The van der Waals surface area contributed by atoms with Gasteiger partial charge in [-0.05, 0) is 42.2 Å². The van der Waals surface area contributed by atoms with Gasteiger partial charge in [0.2, 0.25) is 0 Å². The van der Waals surface area contributed by atoms with Crippen LogP contribution in [0.1, 0.15) is 48.3 Å². The second-order valence-electron chi connectivity index (χ2n) is 8.98. The van der Waals surface area contributed by atoms with Crippen molar-refractivity contribution in [2.45, 2.75) is 26.8 Å². The Balaban J connectivity index is 1.82. The molecule has 0 N–H and O–H groups in total. The van der Waals surface area contributed by atoms with Crippen LogP contribution in [-0.2, 0) is 14.3 Å². The summed E-state index contributed by atoms with van der Waals surface area (Å²) in [6.07, 6.45) is 5.50. The molecule has 2 heterocycles. The molecule has 190 valence electrons. The van der Waals surface area contributed by atoms with Crippen LogP contribution in [0.2, 0.25) is 0 Å². The van der Waals surface area contributed by atoms with Gasteiger partial charge in [-0.2, -0.15) is 0 Å². The summed E-state index contributed by atoms with van der Waals surface area (Å²) in [6.45, 7) is 5.90. The predicted molar refractivity (Wildman–Crippen MR) is 144 cm³/mol. The lowest BCUT2D eigenvalue weighted by molar-refractivity contribution is -0.140. The van der Waals surface area contributed by atoms with E-state index in [9.17, 15) is 14.4 Å². The highest BCUT2D eigenvalue weighted by Crippen LogP contribution is 2.31. The van der Waals surface area contributed by atoms with E-state index in [2.05, 4.69) is 4.99 Å². The minimum absolute atomic E-state index is 0.153. The molecule has 3 aromatic rings. The molecular weight excluding hydrogens is 488 g/mol. The number of methoxy groups -OCH3 is 1. The summed E-state index contributed by atoms with van der Waals surface area (Å²) in [5.74, 6) is -0.834. The van der Waals surface area contributed by atoms with Gasteiger partial charge in [-0.25, -0.2) is 14.6 Å². The maximum absolute atomic E-state index is 13.6. The second-order valence-corrected chi connectivity index (χ2v) is 9.99. The SMILES string of the molecule is COC(=O)c1ccc(C2C(C(=O)OCC(C)C)=C(C)N=c3sc(=CC=Cc4ccccc4)c(=O)n32)cc1. The fourth-order valence-corrected chi connectivity index (χ4v) is 4.96. The Morgan fingerprint density at radius 2 is 1.78 bits per heavy atom. The van der Waals surface area contributed by atoms with Gasteiger partial charge in [0.15, 0.2) is 4.80 Å².